The van der Waals surface area contributed by atoms with Crippen LogP contribution in [-0.2, 0) is 11.3 Å². The van der Waals surface area contributed by atoms with E-state index in [1.807, 2.05) is 24.0 Å². The average molecular weight is 298 g/mol. The molecule has 1 fully saturated rings. The summed E-state index contributed by atoms with van der Waals surface area (Å²) in [4.78, 5) is 18.9. The summed E-state index contributed by atoms with van der Waals surface area (Å²) >= 11 is 0. The molecule has 0 bridgehead atoms. The topological polar surface area (TPSA) is 51.0 Å². The number of carbonyl (C=O) groups is 1. The third-order valence-electron chi connectivity index (χ3n) is 4.05. The maximum absolute atomic E-state index is 12.5. The standard InChI is InChI=1S/C17H22N4O/c1-13-7-6-8-15(11-13)17-18-14(2)19-21(17)12-16(22)20-9-4-3-5-10-20/h6-8,11H,3-5,9-10,12H2,1-2H3. The van der Waals surface area contributed by atoms with Gasteiger partial charge in [0.2, 0.25) is 5.91 Å². The van der Waals surface area contributed by atoms with Crippen molar-refractivity contribution in [3.05, 3.63) is 35.7 Å². The molecule has 1 saturated heterocycles. The minimum Gasteiger partial charge on any atom is -0.341 e. The van der Waals surface area contributed by atoms with Gasteiger partial charge in [-0.25, -0.2) is 9.67 Å². The van der Waals surface area contributed by atoms with Gasteiger partial charge >= 0.3 is 0 Å². The van der Waals surface area contributed by atoms with Crippen molar-refractivity contribution in [3.8, 4) is 11.4 Å². The quantitative estimate of drug-likeness (QED) is 0.875. The largest absolute Gasteiger partial charge is 0.341 e. The van der Waals surface area contributed by atoms with E-state index in [0.717, 1.165) is 37.3 Å². The van der Waals surface area contributed by atoms with Crippen LogP contribution < -0.4 is 0 Å². The molecule has 1 aliphatic heterocycles. The Kier molecular flexibility index (Phi) is 4.22. The van der Waals surface area contributed by atoms with Gasteiger partial charge in [0, 0.05) is 18.7 Å². The lowest BCUT2D eigenvalue weighted by Gasteiger charge is -2.26. The van der Waals surface area contributed by atoms with Crippen LogP contribution in [0.5, 0.6) is 0 Å². The molecule has 1 aromatic carbocycles. The van der Waals surface area contributed by atoms with E-state index < -0.39 is 0 Å². The van der Waals surface area contributed by atoms with Crippen molar-refractivity contribution >= 4 is 5.91 Å². The Morgan fingerprint density at radius 2 is 1.95 bits per heavy atom. The van der Waals surface area contributed by atoms with Crippen LogP contribution >= 0.6 is 0 Å². The van der Waals surface area contributed by atoms with E-state index in [4.69, 9.17) is 0 Å². The van der Waals surface area contributed by atoms with Gasteiger partial charge in [-0.05, 0) is 39.2 Å². The molecule has 0 radical (unpaired) electrons. The monoisotopic (exact) mass is 298 g/mol. The van der Waals surface area contributed by atoms with Crippen LogP contribution in [0, 0.1) is 13.8 Å². The molecule has 116 valence electrons. The van der Waals surface area contributed by atoms with Crippen molar-refractivity contribution in [2.24, 2.45) is 0 Å². The Balaban J connectivity index is 1.83. The Labute approximate surface area is 131 Å². The molecule has 5 nitrogen and oxygen atoms in total. The molecule has 2 heterocycles. The number of aryl methyl sites for hydroxylation is 2. The molecule has 0 aliphatic carbocycles. The highest BCUT2D eigenvalue weighted by molar-refractivity contribution is 5.76. The molecule has 1 aromatic heterocycles. The van der Waals surface area contributed by atoms with Crippen LogP contribution in [0.15, 0.2) is 24.3 Å². The Morgan fingerprint density at radius 3 is 2.68 bits per heavy atom. The van der Waals surface area contributed by atoms with E-state index in [9.17, 15) is 4.79 Å². The average Bonchev–Trinajstić information content (AvgIpc) is 2.89. The fourth-order valence-corrected chi connectivity index (χ4v) is 2.93. The molecule has 0 N–H and O–H groups in total. The first-order valence-corrected chi connectivity index (χ1v) is 7.90. The zero-order valence-electron chi connectivity index (χ0n) is 13.2. The van der Waals surface area contributed by atoms with Gasteiger partial charge in [0.1, 0.15) is 12.4 Å². The third kappa shape index (κ3) is 3.18. The van der Waals surface area contributed by atoms with Gasteiger partial charge < -0.3 is 4.90 Å². The molecule has 5 heteroatoms. The lowest BCUT2D eigenvalue weighted by Crippen LogP contribution is -2.38. The first kappa shape index (κ1) is 14.8. The molecule has 1 aliphatic rings. The second-order valence-electron chi connectivity index (χ2n) is 5.95. The van der Waals surface area contributed by atoms with Crippen molar-refractivity contribution in [1.29, 1.82) is 0 Å². The van der Waals surface area contributed by atoms with E-state index in [0.29, 0.717) is 5.82 Å². The van der Waals surface area contributed by atoms with Crippen molar-refractivity contribution < 1.29 is 4.79 Å². The zero-order chi connectivity index (χ0) is 15.5. The highest BCUT2D eigenvalue weighted by atomic mass is 16.2. The number of nitrogens with zero attached hydrogens (tertiary/aromatic N) is 4. The number of piperidine rings is 1. The van der Waals surface area contributed by atoms with Crippen LogP contribution in [0.1, 0.15) is 30.7 Å². The van der Waals surface area contributed by atoms with Crippen molar-refractivity contribution in [2.75, 3.05) is 13.1 Å². The number of aromatic nitrogens is 3. The highest BCUT2D eigenvalue weighted by Gasteiger charge is 2.19. The molecule has 1 amide bonds. The fraction of sp³-hybridized carbons (Fsp3) is 0.471. The van der Waals surface area contributed by atoms with Gasteiger partial charge in [0.25, 0.3) is 0 Å². The molecule has 0 spiro atoms. The Bertz CT molecular complexity index is 671. The number of amides is 1. The van der Waals surface area contributed by atoms with Gasteiger partial charge in [-0.3, -0.25) is 4.79 Å². The summed E-state index contributed by atoms with van der Waals surface area (Å²) in [6.07, 6.45) is 3.43. The number of hydrogen-bond acceptors (Lipinski definition) is 3. The van der Waals surface area contributed by atoms with Crippen LogP contribution in [0.3, 0.4) is 0 Å². The lowest BCUT2D eigenvalue weighted by molar-refractivity contribution is -0.132. The lowest BCUT2D eigenvalue weighted by atomic mass is 10.1. The number of carbonyl (C=O) groups excluding carboxylic acids is 1. The van der Waals surface area contributed by atoms with Crippen molar-refractivity contribution in [3.63, 3.8) is 0 Å². The minimum atomic E-state index is 0.138. The van der Waals surface area contributed by atoms with Gasteiger partial charge in [0.15, 0.2) is 5.82 Å². The van der Waals surface area contributed by atoms with Crippen molar-refractivity contribution in [1.82, 2.24) is 19.7 Å². The smallest absolute Gasteiger partial charge is 0.244 e. The summed E-state index contributed by atoms with van der Waals surface area (Å²) in [5.74, 6) is 1.60. The maximum atomic E-state index is 12.5. The Morgan fingerprint density at radius 1 is 1.18 bits per heavy atom. The number of benzene rings is 1. The van der Waals surface area contributed by atoms with Crippen molar-refractivity contribution in [2.45, 2.75) is 39.7 Å². The molecular weight excluding hydrogens is 276 g/mol. The predicted molar refractivity (Wildman–Crippen MR) is 85.4 cm³/mol. The molecule has 2 aromatic rings. The summed E-state index contributed by atoms with van der Waals surface area (Å²) in [6, 6.07) is 8.14. The first-order chi connectivity index (χ1) is 10.6. The summed E-state index contributed by atoms with van der Waals surface area (Å²) < 4.78 is 1.74. The summed E-state index contributed by atoms with van der Waals surface area (Å²) in [5, 5.41) is 4.41. The molecule has 0 saturated carbocycles. The van der Waals surface area contributed by atoms with Gasteiger partial charge in [-0.15, -0.1) is 0 Å². The maximum Gasteiger partial charge on any atom is 0.244 e. The second-order valence-corrected chi connectivity index (χ2v) is 5.95. The molecule has 22 heavy (non-hydrogen) atoms. The fourth-order valence-electron chi connectivity index (χ4n) is 2.93. The number of rotatable bonds is 3. The Hall–Kier alpha value is -2.17. The van der Waals surface area contributed by atoms with Crippen LogP contribution in [-0.4, -0.2) is 38.7 Å². The van der Waals surface area contributed by atoms with E-state index in [-0.39, 0.29) is 12.5 Å². The van der Waals surface area contributed by atoms with E-state index in [1.165, 1.54) is 12.0 Å². The highest BCUT2D eigenvalue weighted by Crippen LogP contribution is 2.19. The third-order valence-corrected chi connectivity index (χ3v) is 4.05. The van der Waals surface area contributed by atoms with E-state index in [2.05, 4.69) is 29.1 Å². The minimum absolute atomic E-state index is 0.138. The van der Waals surface area contributed by atoms with E-state index in [1.54, 1.807) is 4.68 Å². The molecule has 0 unspecified atom stereocenters. The predicted octanol–water partition coefficient (Wildman–Crippen LogP) is 2.57. The second kappa shape index (κ2) is 6.30. The molecule has 3 rings (SSSR count). The van der Waals surface area contributed by atoms with Gasteiger partial charge in [0.05, 0.1) is 0 Å². The normalized spacial score (nSPS) is 15.1. The van der Waals surface area contributed by atoms with Gasteiger partial charge in [-0.2, -0.15) is 5.10 Å². The van der Waals surface area contributed by atoms with Crippen LogP contribution in [0.2, 0.25) is 0 Å². The number of likely N-dealkylation sites (tertiary alicyclic amines) is 1. The SMILES string of the molecule is Cc1cccc(-c2nc(C)nn2CC(=O)N2CCCCC2)c1. The molecule has 0 atom stereocenters. The number of hydrogen-bond donors (Lipinski definition) is 0. The zero-order valence-corrected chi connectivity index (χ0v) is 13.2. The van der Waals surface area contributed by atoms with E-state index >= 15 is 0 Å². The first-order valence-electron chi connectivity index (χ1n) is 7.90. The molecular formula is C17H22N4O. The summed E-state index contributed by atoms with van der Waals surface area (Å²) in [6.45, 7) is 5.92. The summed E-state index contributed by atoms with van der Waals surface area (Å²) in [7, 11) is 0. The summed E-state index contributed by atoms with van der Waals surface area (Å²) in [5.41, 5.74) is 2.18. The van der Waals surface area contributed by atoms with Crippen LogP contribution in [0.25, 0.3) is 11.4 Å². The van der Waals surface area contributed by atoms with Gasteiger partial charge in [-0.1, -0.05) is 23.8 Å². The van der Waals surface area contributed by atoms with Crippen LogP contribution in [0.4, 0.5) is 0 Å².